The van der Waals surface area contributed by atoms with Crippen LogP contribution in [0.15, 0.2) is 30.3 Å². The maximum absolute atomic E-state index is 8.53. The molecule has 0 fully saturated rings. The van der Waals surface area contributed by atoms with E-state index < -0.39 is 0 Å². The molecule has 0 aliphatic carbocycles. The lowest BCUT2D eigenvalue weighted by Crippen LogP contribution is -2.14. The number of hydrogen-bond acceptors (Lipinski definition) is 8. The summed E-state index contributed by atoms with van der Waals surface area (Å²) in [6.07, 6.45) is 0. The van der Waals surface area contributed by atoms with Crippen molar-refractivity contribution >= 4 is 0 Å². The lowest BCUT2D eigenvalue weighted by atomic mass is 10.2. The molecule has 0 unspecified atom stereocenters. The highest BCUT2D eigenvalue weighted by atomic mass is 16.6. The summed E-state index contributed by atoms with van der Waals surface area (Å²) in [4.78, 5) is 0. The zero-order chi connectivity index (χ0) is 20.7. The fraction of sp³-hybridized carbons (Fsp3) is 0.714. The number of aliphatic hydroxyl groups excluding tert-OH is 1. The minimum atomic E-state index is 0.0347. The molecule has 0 spiro atoms. The molecule has 0 saturated heterocycles. The van der Waals surface area contributed by atoms with Gasteiger partial charge in [-0.3, -0.25) is 0 Å². The molecule has 0 aromatic heterocycles. The smallest absolute Gasteiger partial charge is 0.0718 e. The third-order valence-electron chi connectivity index (χ3n) is 3.58. The summed E-state index contributed by atoms with van der Waals surface area (Å²) in [6.45, 7) is 7.33. The molecule has 0 aliphatic heterocycles. The summed E-state index contributed by atoms with van der Waals surface area (Å²) < 4.78 is 37.6. The van der Waals surface area contributed by atoms with Gasteiger partial charge in [-0.15, -0.1) is 0 Å². The van der Waals surface area contributed by atoms with Crippen LogP contribution in [-0.4, -0.2) is 97.6 Å². The van der Waals surface area contributed by atoms with Gasteiger partial charge in [0.2, 0.25) is 0 Å². The Morgan fingerprint density at radius 3 is 1.17 bits per heavy atom. The Balaban J connectivity index is 1.66. The third kappa shape index (κ3) is 18.7. The van der Waals surface area contributed by atoms with E-state index in [1.807, 2.05) is 30.3 Å². The number of rotatable bonds is 22. The van der Waals surface area contributed by atoms with Crippen molar-refractivity contribution < 1.29 is 38.3 Å². The van der Waals surface area contributed by atoms with Gasteiger partial charge in [0.25, 0.3) is 0 Å². The fourth-order valence-corrected chi connectivity index (χ4v) is 2.15. The quantitative estimate of drug-likeness (QED) is 0.283. The molecule has 8 nitrogen and oxygen atoms in total. The van der Waals surface area contributed by atoms with Crippen LogP contribution in [0.1, 0.15) is 5.56 Å². The van der Waals surface area contributed by atoms with Crippen LogP contribution in [0.25, 0.3) is 0 Å². The summed E-state index contributed by atoms with van der Waals surface area (Å²) in [7, 11) is 0. The number of hydrogen-bond donors (Lipinski definition) is 1. The molecular weight excluding hydrogens is 380 g/mol. The molecule has 1 rings (SSSR count). The van der Waals surface area contributed by atoms with Crippen LogP contribution >= 0.6 is 0 Å². The first-order chi connectivity index (χ1) is 14.4. The highest BCUT2D eigenvalue weighted by Gasteiger charge is 1.95. The molecule has 8 heteroatoms. The van der Waals surface area contributed by atoms with Gasteiger partial charge in [-0.05, 0) is 5.56 Å². The number of ether oxygens (including phenoxy) is 7. The molecule has 0 heterocycles. The van der Waals surface area contributed by atoms with Crippen molar-refractivity contribution in [2.24, 2.45) is 0 Å². The zero-order valence-corrected chi connectivity index (χ0v) is 17.3. The van der Waals surface area contributed by atoms with Crippen molar-refractivity contribution in [3.8, 4) is 0 Å². The van der Waals surface area contributed by atoms with Crippen LogP contribution in [-0.2, 0) is 39.8 Å². The molecule has 1 N–H and O–H groups in total. The van der Waals surface area contributed by atoms with Crippen molar-refractivity contribution in [2.75, 3.05) is 92.5 Å². The van der Waals surface area contributed by atoms with E-state index in [0.29, 0.717) is 92.5 Å². The Kier molecular flexibility index (Phi) is 19.3. The molecule has 0 amide bonds. The Morgan fingerprint density at radius 1 is 0.448 bits per heavy atom. The van der Waals surface area contributed by atoms with Gasteiger partial charge in [0.15, 0.2) is 0 Å². The van der Waals surface area contributed by atoms with Crippen LogP contribution in [0.5, 0.6) is 0 Å². The highest BCUT2D eigenvalue weighted by molar-refractivity contribution is 5.13. The van der Waals surface area contributed by atoms with Crippen LogP contribution in [0.3, 0.4) is 0 Å². The SMILES string of the molecule is OCCOCCOCCOCCOCCOCCOCCOCc1ccccc1. The van der Waals surface area contributed by atoms with Gasteiger partial charge in [0.05, 0.1) is 99.1 Å². The van der Waals surface area contributed by atoms with E-state index in [0.717, 1.165) is 5.56 Å². The van der Waals surface area contributed by atoms with Crippen LogP contribution in [0.4, 0.5) is 0 Å². The third-order valence-corrected chi connectivity index (χ3v) is 3.58. The number of aliphatic hydroxyl groups is 1. The Labute approximate surface area is 173 Å². The van der Waals surface area contributed by atoms with E-state index in [4.69, 9.17) is 38.3 Å². The van der Waals surface area contributed by atoms with E-state index in [2.05, 4.69) is 0 Å². The summed E-state index contributed by atoms with van der Waals surface area (Å²) >= 11 is 0. The van der Waals surface area contributed by atoms with Crippen molar-refractivity contribution in [3.63, 3.8) is 0 Å². The lowest BCUT2D eigenvalue weighted by Gasteiger charge is -2.08. The summed E-state index contributed by atoms with van der Waals surface area (Å²) in [5.41, 5.74) is 1.16. The second kappa shape index (κ2) is 21.6. The number of benzene rings is 1. The molecule has 0 aliphatic rings. The van der Waals surface area contributed by atoms with Crippen molar-refractivity contribution in [1.29, 1.82) is 0 Å². The van der Waals surface area contributed by atoms with Crippen molar-refractivity contribution in [1.82, 2.24) is 0 Å². The monoisotopic (exact) mass is 416 g/mol. The zero-order valence-electron chi connectivity index (χ0n) is 17.3. The first kappa shape index (κ1) is 25.9. The van der Waals surface area contributed by atoms with Gasteiger partial charge < -0.3 is 38.3 Å². The van der Waals surface area contributed by atoms with Crippen molar-refractivity contribution in [3.05, 3.63) is 35.9 Å². The maximum Gasteiger partial charge on any atom is 0.0718 e. The predicted molar refractivity (Wildman–Crippen MR) is 108 cm³/mol. The van der Waals surface area contributed by atoms with Gasteiger partial charge in [0.1, 0.15) is 0 Å². The summed E-state index contributed by atoms with van der Waals surface area (Å²) in [6, 6.07) is 10.1. The van der Waals surface area contributed by atoms with Crippen molar-refractivity contribution in [2.45, 2.75) is 6.61 Å². The molecule has 0 radical (unpaired) electrons. The van der Waals surface area contributed by atoms with Gasteiger partial charge >= 0.3 is 0 Å². The molecule has 0 atom stereocenters. The average molecular weight is 417 g/mol. The van der Waals surface area contributed by atoms with E-state index in [1.165, 1.54) is 0 Å². The summed E-state index contributed by atoms with van der Waals surface area (Å²) in [5, 5.41) is 8.53. The van der Waals surface area contributed by atoms with Gasteiger partial charge in [-0.1, -0.05) is 30.3 Å². The fourth-order valence-electron chi connectivity index (χ4n) is 2.15. The molecule has 1 aromatic rings. The van der Waals surface area contributed by atoms with E-state index in [1.54, 1.807) is 0 Å². The van der Waals surface area contributed by atoms with Crippen LogP contribution < -0.4 is 0 Å². The first-order valence-electron chi connectivity index (χ1n) is 10.1. The normalized spacial score (nSPS) is 11.2. The largest absolute Gasteiger partial charge is 0.394 e. The molecule has 0 saturated carbocycles. The molecular formula is C21H36O8. The molecule has 0 bridgehead atoms. The topological polar surface area (TPSA) is 84.8 Å². The lowest BCUT2D eigenvalue weighted by molar-refractivity contribution is -0.0220. The van der Waals surface area contributed by atoms with E-state index >= 15 is 0 Å². The molecule has 168 valence electrons. The van der Waals surface area contributed by atoms with E-state index in [9.17, 15) is 0 Å². The van der Waals surface area contributed by atoms with Gasteiger partial charge in [0, 0.05) is 0 Å². The molecule has 1 aromatic carbocycles. The highest BCUT2D eigenvalue weighted by Crippen LogP contribution is 1.99. The Bertz CT molecular complexity index is 432. The second-order valence-corrected chi connectivity index (χ2v) is 5.94. The minimum Gasteiger partial charge on any atom is -0.394 e. The van der Waals surface area contributed by atoms with Crippen LogP contribution in [0, 0.1) is 0 Å². The average Bonchev–Trinajstić information content (AvgIpc) is 2.75. The molecule has 29 heavy (non-hydrogen) atoms. The summed E-state index contributed by atoms with van der Waals surface area (Å²) in [5.74, 6) is 0. The van der Waals surface area contributed by atoms with Gasteiger partial charge in [-0.2, -0.15) is 0 Å². The predicted octanol–water partition coefficient (Wildman–Crippen LogP) is 1.30. The second-order valence-electron chi connectivity index (χ2n) is 5.94. The standard InChI is InChI=1S/C21H36O8/c22-6-7-23-8-9-24-10-11-25-12-13-26-14-15-27-16-17-28-18-19-29-20-21-4-2-1-3-5-21/h1-5,22H,6-20H2. The first-order valence-corrected chi connectivity index (χ1v) is 10.1. The van der Waals surface area contributed by atoms with Gasteiger partial charge in [-0.25, -0.2) is 0 Å². The minimum absolute atomic E-state index is 0.0347. The maximum atomic E-state index is 8.53. The van der Waals surface area contributed by atoms with E-state index in [-0.39, 0.29) is 6.61 Å². The Hall–Kier alpha value is -1.10. The Morgan fingerprint density at radius 2 is 0.793 bits per heavy atom. The van der Waals surface area contributed by atoms with Crippen LogP contribution in [0.2, 0.25) is 0 Å².